The summed E-state index contributed by atoms with van der Waals surface area (Å²) in [5.41, 5.74) is 2.34. The maximum atomic E-state index is 4.99. The minimum absolute atomic E-state index is 0.719. The molecule has 1 N–H and O–H groups in total. The van der Waals surface area contributed by atoms with E-state index >= 15 is 0 Å². The lowest BCUT2D eigenvalue weighted by atomic mass is 10.3. The van der Waals surface area contributed by atoms with Crippen molar-refractivity contribution < 1.29 is 4.74 Å². The van der Waals surface area contributed by atoms with Crippen LogP contribution in [0.1, 0.15) is 11.3 Å². The van der Waals surface area contributed by atoms with Crippen molar-refractivity contribution in [3.05, 3.63) is 36.2 Å². The standard InChI is InChI=1S/C12H19N5O/c1-16-8-11(5-15-16)9-17-10-14-7-12(17)6-13-3-4-18-2/h5,7-8,10,13H,3-4,6,9H2,1-2H3. The molecule has 0 saturated heterocycles. The Kier molecular flexibility index (Phi) is 4.49. The van der Waals surface area contributed by atoms with Crippen LogP contribution in [0, 0.1) is 0 Å². The molecule has 0 spiro atoms. The average molecular weight is 249 g/mol. The second kappa shape index (κ2) is 6.32. The highest BCUT2D eigenvalue weighted by molar-refractivity contribution is 5.08. The molecule has 0 bridgehead atoms. The van der Waals surface area contributed by atoms with Crippen molar-refractivity contribution in [3.63, 3.8) is 0 Å². The molecule has 2 aromatic rings. The molecule has 0 aliphatic carbocycles. The number of nitrogens with one attached hydrogen (secondary N) is 1. The summed E-state index contributed by atoms with van der Waals surface area (Å²) in [5, 5.41) is 7.48. The molecule has 0 unspecified atom stereocenters. The molecular formula is C12H19N5O. The van der Waals surface area contributed by atoms with Crippen LogP contribution in [0.3, 0.4) is 0 Å². The van der Waals surface area contributed by atoms with Gasteiger partial charge in [-0.25, -0.2) is 4.98 Å². The third kappa shape index (κ3) is 3.41. The van der Waals surface area contributed by atoms with Gasteiger partial charge in [0.15, 0.2) is 0 Å². The zero-order chi connectivity index (χ0) is 12.8. The van der Waals surface area contributed by atoms with Crippen LogP contribution in [0.15, 0.2) is 24.9 Å². The van der Waals surface area contributed by atoms with E-state index in [1.165, 1.54) is 5.56 Å². The Morgan fingerprint density at radius 1 is 1.39 bits per heavy atom. The van der Waals surface area contributed by atoms with E-state index in [9.17, 15) is 0 Å². The fourth-order valence-corrected chi connectivity index (χ4v) is 1.78. The van der Waals surface area contributed by atoms with E-state index in [0.717, 1.165) is 31.9 Å². The summed E-state index contributed by atoms with van der Waals surface area (Å²) in [7, 11) is 3.62. The molecule has 0 fully saturated rings. The van der Waals surface area contributed by atoms with E-state index in [4.69, 9.17) is 4.74 Å². The maximum absolute atomic E-state index is 4.99. The number of imidazole rings is 1. The summed E-state index contributed by atoms with van der Waals surface area (Å²) in [6.45, 7) is 3.16. The van der Waals surface area contributed by atoms with Crippen LogP contribution >= 0.6 is 0 Å². The summed E-state index contributed by atoms with van der Waals surface area (Å²) in [6.07, 6.45) is 7.63. The Balaban J connectivity index is 1.91. The number of aromatic nitrogens is 4. The number of hydrogen-bond acceptors (Lipinski definition) is 4. The Labute approximate surface area is 107 Å². The first-order valence-electron chi connectivity index (χ1n) is 5.96. The second-order valence-electron chi connectivity index (χ2n) is 4.20. The molecular weight excluding hydrogens is 230 g/mol. The molecule has 2 heterocycles. The van der Waals surface area contributed by atoms with Gasteiger partial charge in [-0.3, -0.25) is 4.68 Å². The van der Waals surface area contributed by atoms with E-state index < -0.39 is 0 Å². The van der Waals surface area contributed by atoms with Gasteiger partial charge in [0.25, 0.3) is 0 Å². The van der Waals surface area contributed by atoms with Crippen molar-refractivity contribution in [2.45, 2.75) is 13.1 Å². The molecule has 0 aliphatic rings. The van der Waals surface area contributed by atoms with E-state index in [2.05, 4.69) is 20.0 Å². The van der Waals surface area contributed by atoms with Gasteiger partial charge in [-0.1, -0.05) is 0 Å². The predicted octanol–water partition coefficient (Wildman–Crippen LogP) is 0.401. The van der Waals surface area contributed by atoms with Crippen LogP contribution in [0.5, 0.6) is 0 Å². The quantitative estimate of drug-likeness (QED) is 0.722. The third-order valence-electron chi connectivity index (χ3n) is 2.70. The van der Waals surface area contributed by atoms with Gasteiger partial charge in [0.1, 0.15) is 0 Å². The van der Waals surface area contributed by atoms with Crippen molar-refractivity contribution >= 4 is 0 Å². The third-order valence-corrected chi connectivity index (χ3v) is 2.70. The minimum Gasteiger partial charge on any atom is -0.383 e. The van der Waals surface area contributed by atoms with Gasteiger partial charge in [-0.05, 0) is 0 Å². The Hall–Kier alpha value is -1.66. The molecule has 18 heavy (non-hydrogen) atoms. The molecule has 2 aromatic heterocycles. The molecule has 2 rings (SSSR count). The van der Waals surface area contributed by atoms with Gasteiger partial charge in [-0.2, -0.15) is 5.10 Å². The minimum atomic E-state index is 0.719. The molecule has 0 amide bonds. The lowest BCUT2D eigenvalue weighted by Gasteiger charge is -2.07. The Morgan fingerprint density at radius 3 is 3.00 bits per heavy atom. The van der Waals surface area contributed by atoms with Crippen LogP contribution < -0.4 is 5.32 Å². The van der Waals surface area contributed by atoms with Crippen LogP contribution in [0.4, 0.5) is 0 Å². The monoisotopic (exact) mass is 249 g/mol. The van der Waals surface area contributed by atoms with Crippen molar-refractivity contribution in [1.82, 2.24) is 24.6 Å². The predicted molar refractivity (Wildman–Crippen MR) is 68.1 cm³/mol. The summed E-state index contributed by atoms with van der Waals surface area (Å²) in [5.74, 6) is 0. The fourth-order valence-electron chi connectivity index (χ4n) is 1.78. The molecule has 0 aliphatic heterocycles. The molecule has 6 nitrogen and oxygen atoms in total. The number of hydrogen-bond donors (Lipinski definition) is 1. The van der Waals surface area contributed by atoms with Crippen LogP contribution in [-0.2, 0) is 24.9 Å². The number of aryl methyl sites for hydroxylation is 1. The summed E-state index contributed by atoms with van der Waals surface area (Å²) in [6, 6.07) is 0. The van der Waals surface area contributed by atoms with Gasteiger partial charge in [0, 0.05) is 45.2 Å². The second-order valence-corrected chi connectivity index (χ2v) is 4.20. The highest BCUT2D eigenvalue weighted by atomic mass is 16.5. The topological polar surface area (TPSA) is 56.9 Å². The summed E-state index contributed by atoms with van der Waals surface area (Å²) < 4.78 is 8.92. The zero-order valence-corrected chi connectivity index (χ0v) is 10.8. The van der Waals surface area contributed by atoms with Crippen molar-refractivity contribution in [2.75, 3.05) is 20.3 Å². The molecule has 98 valence electrons. The number of methoxy groups -OCH3 is 1. The van der Waals surface area contributed by atoms with Gasteiger partial charge < -0.3 is 14.6 Å². The van der Waals surface area contributed by atoms with Crippen LogP contribution in [0.2, 0.25) is 0 Å². The van der Waals surface area contributed by atoms with Gasteiger partial charge >= 0.3 is 0 Å². The fraction of sp³-hybridized carbons (Fsp3) is 0.500. The number of rotatable bonds is 7. The first-order chi connectivity index (χ1) is 8.79. The van der Waals surface area contributed by atoms with Crippen molar-refractivity contribution in [2.24, 2.45) is 7.05 Å². The average Bonchev–Trinajstić information content (AvgIpc) is 2.95. The highest BCUT2D eigenvalue weighted by Crippen LogP contribution is 2.05. The first kappa shape index (κ1) is 12.8. The first-order valence-corrected chi connectivity index (χ1v) is 5.96. The van der Waals surface area contributed by atoms with Crippen molar-refractivity contribution in [1.29, 1.82) is 0 Å². The highest BCUT2D eigenvalue weighted by Gasteiger charge is 2.03. The zero-order valence-electron chi connectivity index (χ0n) is 10.8. The summed E-state index contributed by atoms with van der Waals surface area (Å²) >= 11 is 0. The van der Waals surface area contributed by atoms with Crippen LogP contribution in [0.25, 0.3) is 0 Å². The molecule has 0 radical (unpaired) electrons. The maximum Gasteiger partial charge on any atom is 0.0951 e. The van der Waals surface area contributed by atoms with Gasteiger partial charge in [0.05, 0.1) is 31.4 Å². The van der Waals surface area contributed by atoms with E-state index in [1.54, 1.807) is 7.11 Å². The SMILES string of the molecule is COCCNCc1cncn1Cc1cnn(C)c1. The Bertz CT molecular complexity index is 476. The number of ether oxygens (including phenoxy) is 1. The molecule has 6 heteroatoms. The van der Waals surface area contributed by atoms with Crippen molar-refractivity contribution in [3.8, 4) is 0 Å². The molecule has 0 saturated carbocycles. The summed E-state index contributed by atoms with van der Waals surface area (Å²) in [4.78, 5) is 4.19. The molecule has 0 atom stereocenters. The largest absolute Gasteiger partial charge is 0.383 e. The van der Waals surface area contributed by atoms with Gasteiger partial charge in [-0.15, -0.1) is 0 Å². The lowest BCUT2D eigenvalue weighted by Crippen LogP contribution is -2.20. The van der Waals surface area contributed by atoms with Gasteiger partial charge in [0.2, 0.25) is 0 Å². The van der Waals surface area contributed by atoms with E-state index in [0.29, 0.717) is 0 Å². The smallest absolute Gasteiger partial charge is 0.0951 e. The normalized spacial score (nSPS) is 11.0. The Morgan fingerprint density at radius 2 is 2.28 bits per heavy atom. The molecule has 0 aromatic carbocycles. The van der Waals surface area contributed by atoms with Crippen LogP contribution in [-0.4, -0.2) is 39.6 Å². The lowest BCUT2D eigenvalue weighted by molar-refractivity contribution is 0.199. The number of nitrogens with zero attached hydrogens (tertiary/aromatic N) is 4. The van der Waals surface area contributed by atoms with E-state index in [-0.39, 0.29) is 0 Å². The van der Waals surface area contributed by atoms with E-state index in [1.807, 2.05) is 36.6 Å².